The molecule has 1 aliphatic rings. The topological polar surface area (TPSA) is 54.5 Å². The van der Waals surface area contributed by atoms with Crippen LogP contribution in [0.25, 0.3) is 0 Å². The van der Waals surface area contributed by atoms with E-state index in [1.165, 1.54) is 0 Å². The van der Waals surface area contributed by atoms with Gasteiger partial charge in [0.25, 0.3) is 0 Å². The molecule has 6 heteroatoms. The molecule has 0 bridgehead atoms. The summed E-state index contributed by atoms with van der Waals surface area (Å²) < 4.78 is 5.14. The molecule has 2 heterocycles. The number of rotatable bonds is 6. The van der Waals surface area contributed by atoms with Crippen LogP contribution in [-0.4, -0.2) is 35.5 Å². The lowest BCUT2D eigenvalue weighted by Gasteiger charge is -2.22. The van der Waals surface area contributed by atoms with Gasteiger partial charge in [-0.25, -0.2) is 4.98 Å². The second-order valence-corrected chi connectivity index (χ2v) is 6.88. The van der Waals surface area contributed by atoms with Crippen LogP contribution in [0.15, 0.2) is 29.6 Å². The molecule has 1 atom stereocenters. The Bertz CT molecular complexity index is 684. The fourth-order valence-corrected chi connectivity index (χ4v) is 3.74. The number of aromatic nitrogens is 1. The van der Waals surface area contributed by atoms with E-state index in [-0.39, 0.29) is 11.9 Å². The highest BCUT2D eigenvalue weighted by Gasteiger charge is 2.31. The SMILES string of the molecule is CCc1nc(CN2CCC[C@H]2C(=O)Nc2ccc(OC)cc2)cs1. The number of thiazole rings is 1. The third-order valence-corrected chi connectivity index (χ3v) is 5.33. The maximum Gasteiger partial charge on any atom is 0.241 e. The number of amides is 1. The lowest BCUT2D eigenvalue weighted by Crippen LogP contribution is -2.39. The van der Waals surface area contributed by atoms with Crippen LogP contribution in [0.1, 0.15) is 30.5 Å². The summed E-state index contributed by atoms with van der Waals surface area (Å²) in [7, 11) is 1.63. The fraction of sp³-hybridized carbons (Fsp3) is 0.444. The van der Waals surface area contributed by atoms with Crippen molar-refractivity contribution in [2.45, 2.75) is 38.8 Å². The van der Waals surface area contributed by atoms with Crippen molar-refractivity contribution >= 4 is 22.9 Å². The molecule has 1 saturated heterocycles. The predicted octanol–water partition coefficient (Wildman–Crippen LogP) is 3.32. The summed E-state index contributed by atoms with van der Waals surface area (Å²) >= 11 is 1.70. The van der Waals surface area contributed by atoms with Gasteiger partial charge in [0.15, 0.2) is 0 Å². The fourth-order valence-electron chi connectivity index (χ4n) is 3.00. The molecule has 2 aromatic rings. The van der Waals surface area contributed by atoms with Crippen molar-refractivity contribution < 1.29 is 9.53 Å². The van der Waals surface area contributed by atoms with E-state index in [1.807, 2.05) is 24.3 Å². The normalized spacial score (nSPS) is 17.8. The number of benzene rings is 1. The number of aryl methyl sites for hydroxylation is 1. The molecular weight excluding hydrogens is 322 g/mol. The van der Waals surface area contributed by atoms with Crippen LogP contribution in [0.3, 0.4) is 0 Å². The summed E-state index contributed by atoms with van der Waals surface area (Å²) in [5.41, 5.74) is 1.87. The van der Waals surface area contributed by atoms with Crippen LogP contribution in [-0.2, 0) is 17.8 Å². The van der Waals surface area contributed by atoms with Gasteiger partial charge in [0.1, 0.15) is 5.75 Å². The summed E-state index contributed by atoms with van der Waals surface area (Å²) in [4.78, 5) is 19.5. The number of nitrogens with zero attached hydrogens (tertiary/aromatic N) is 2. The molecule has 0 saturated carbocycles. The lowest BCUT2D eigenvalue weighted by molar-refractivity contribution is -0.120. The summed E-state index contributed by atoms with van der Waals surface area (Å²) in [5.74, 6) is 0.842. The second kappa shape index (κ2) is 7.77. The molecule has 0 unspecified atom stereocenters. The lowest BCUT2D eigenvalue weighted by atomic mass is 10.2. The van der Waals surface area contributed by atoms with Crippen molar-refractivity contribution in [3.63, 3.8) is 0 Å². The van der Waals surface area contributed by atoms with Crippen LogP contribution >= 0.6 is 11.3 Å². The molecule has 1 aromatic heterocycles. The average molecular weight is 345 g/mol. The number of methoxy groups -OCH3 is 1. The number of carbonyl (C=O) groups excluding carboxylic acids is 1. The van der Waals surface area contributed by atoms with E-state index in [4.69, 9.17) is 4.74 Å². The quantitative estimate of drug-likeness (QED) is 0.873. The Hall–Kier alpha value is -1.92. The Morgan fingerprint density at radius 2 is 2.21 bits per heavy atom. The maximum absolute atomic E-state index is 12.6. The minimum atomic E-state index is -0.0844. The van der Waals surface area contributed by atoms with Crippen molar-refractivity contribution in [2.75, 3.05) is 19.0 Å². The summed E-state index contributed by atoms with van der Waals surface area (Å²) in [6.07, 6.45) is 2.91. The van der Waals surface area contributed by atoms with Crippen molar-refractivity contribution in [2.24, 2.45) is 0 Å². The molecular formula is C18H23N3O2S. The predicted molar refractivity (Wildman–Crippen MR) is 96.5 cm³/mol. The smallest absolute Gasteiger partial charge is 0.241 e. The molecule has 1 N–H and O–H groups in total. The van der Waals surface area contributed by atoms with E-state index in [0.717, 1.165) is 54.5 Å². The molecule has 128 valence electrons. The number of ether oxygens (including phenoxy) is 1. The van der Waals surface area contributed by atoms with Crippen molar-refractivity contribution in [1.82, 2.24) is 9.88 Å². The van der Waals surface area contributed by atoms with Crippen LogP contribution in [0.2, 0.25) is 0 Å². The molecule has 1 aromatic carbocycles. The monoisotopic (exact) mass is 345 g/mol. The third-order valence-electron chi connectivity index (χ3n) is 4.29. The molecule has 1 aliphatic heterocycles. The highest BCUT2D eigenvalue weighted by molar-refractivity contribution is 7.09. The molecule has 0 radical (unpaired) electrons. The first kappa shape index (κ1) is 16.9. The largest absolute Gasteiger partial charge is 0.497 e. The molecule has 3 rings (SSSR count). The zero-order chi connectivity index (χ0) is 16.9. The summed E-state index contributed by atoms with van der Waals surface area (Å²) in [5, 5.41) is 6.28. The van der Waals surface area contributed by atoms with Gasteiger partial charge in [0.05, 0.1) is 23.9 Å². The first-order valence-corrected chi connectivity index (χ1v) is 9.20. The van der Waals surface area contributed by atoms with Crippen LogP contribution < -0.4 is 10.1 Å². The molecule has 0 spiro atoms. The third kappa shape index (κ3) is 3.94. The highest BCUT2D eigenvalue weighted by atomic mass is 32.1. The number of hydrogen-bond donors (Lipinski definition) is 1. The molecule has 0 aliphatic carbocycles. The molecule has 1 fully saturated rings. The van der Waals surface area contributed by atoms with E-state index < -0.39 is 0 Å². The Morgan fingerprint density at radius 3 is 2.88 bits per heavy atom. The average Bonchev–Trinajstić information content (AvgIpc) is 3.25. The highest BCUT2D eigenvalue weighted by Crippen LogP contribution is 2.23. The Morgan fingerprint density at radius 1 is 1.42 bits per heavy atom. The van der Waals surface area contributed by atoms with Gasteiger partial charge in [-0.15, -0.1) is 11.3 Å². The van der Waals surface area contributed by atoms with Crippen LogP contribution in [0.5, 0.6) is 5.75 Å². The van der Waals surface area contributed by atoms with Gasteiger partial charge in [-0.1, -0.05) is 6.92 Å². The number of anilines is 1. The van der Waals surface area contributed by atoms with Crippen molar-refractivity contribution in [3.8, 4) is 5.75 Å². The maximum atomic E-state index is 12.6. The number of hydrogen-bond acceptors (Lipinski definition) is 5. The molecule has 24 heavy (non-hydrogen) atoms. The minimum Gasteiger partial charge on any atom is -0.497 e. The molecule has 5 nitrogen and oxygen atoms in total. The Kier molecular flexibility index (Phi) is 5.48. The summed E-state index contributed by atoms with van der Waals surface area (Å²) in [6, 6.07) is 7.35. The van der Waals surface area contributed by atoms with Gasteiger partial charge in [-0.05, 0) is 50.1 Å². The van der Waals surface area contributed by atoms with E-state index in [9.17, 15) is 4.79 Å². The second-order valence-electron chi connectivity index (χ2n) is 5.93. The summed E-state index contributed by atoms with van der Waals surface area (Å²) in [6.45, 7) is 3.81. The first-order chi connectivity index (χ1) is 11.7. The van der Waals surface area contributed by atoms with Gasteiger partial charge in [0.2, 0.25) is 5.91 Å². The van der Waals surface area contributed by atoms with Crippen LogP contribution in [0.4, 0.5) is 5.69 Å². The molecule has 1 amide bonds. The van der Waals surface area contributed by atoms with Crippen molar-refractivity contribution in [1.29, 1.82) is 0 Å². The standard InChI is InChI=1S/C18H23N3O2S/c1-3-17-19-14(12-24-17)11-21-10-4-5-16(21)18(22)20-13-6-8-15(23-2)9-7-13/h6-9,12,16H,3-5,10-11H2,1-2H3,(H,20,22)/t16-/m0/s1. The van der Waals surface area contributed by atoms with Crippen molar-refractivity contribution in [3.05, 3.63) is 40.3 Å². The number of likely N-dealkylation sites (tertiary alicyclic amines) is 1. The van der Waals surface area contributed by atoms with E-state index in [0.29, 0.717) is 0 Å². The number of nitrogens with one attached hydrogen (secondary N) is 1. The Balaban J connectivity index is 1.62. The first-order valence-electron chi connectivity index (χ1n) is 8.32. The van der Waals surface area contributed by atoms with Gasteiger partial charge < -0.3 is 10.1 Å². The zero-order valence-electron chi connectivity index (χ0n) is 14.1. The number of carbonyl (C=O) groups is 1. The minimum absolute atomic E-state index is 0.0589. The van der Waals surface area contributed by atoms with E-state index in [1.54, 1.807) is 18.4 Å². The van der Waals surface area contributed by atoms with E-state index in [2.05, 4.69) is 27.5 Å². The van der Waals surface area contributed by atoms with Gasteiger partial charge in [-0.3, -0.25) is 9.69 Å². The van der Waals surface area contributed by atoms with Gasteiger partial charge in [0, 0.05) is 17.6 Å². The van der Waals surface area contributed by atoms with E-state index >= 15 is 0 Å². The van der Waals surface area contributed by atoms with Gasteiger partial charge in [-0.2, -0.15) is 0 Å². The van der Waals surface area contributed by atoms with Gasteiger partial charge >= 0.3 is 0 Å². The zero-order valence-corrected chi connectivity index (χ0v) is 14.9. The van der Waals surface area contributed by atoms with Crippen LogP contribution in [0, 0.1) is 0 Å². The Labute approximate surface area is 146 Å².